The van der Waals surface area contributed by atoms with E-state index < -0.39 is 23.6 Å². The predicted molar refractivity (Wildman–Crippen MR) is 119 cm³/mol. The topological polar surface area (TPSA) is 95.9 Å². The number of amides is 3. The van der Waals surface area contributed by atoms with Gasteiger partial charge < -0.3 is 15.2 Å². The van der Waals surface area contributed by atoms with E-state index in [1.54, 1.807) is 31.2 Å². The summed E-state index contributed by atoms with van der Waals surface area (Å²) in [5.41, 5.74) is 1.95. The molecule has 0 spiro atoms. The lowest BCUT2D eigenvalue weighted by Crippen LogP contribution is -2.36. The van der Waals surface area contributed by atoms with Gasteiger partial charge in [-0.25, -0.2) is 0 Å². The number of hydrogen-bond donors (Lipinski definition) is 2. The molecule has 0 bridgehead atoms. The summed E-state index contributed by atoms with van der Waals surface area (Å²) < 4.78 is 6.02. The van der Waals surface area contributed by atoms with Crippen molar-refractivity contribution in [3.05, 3.63) is 56.9 Å². The van der Waals surface area contributed by atoms with E-state index in [9.17, 15) is 19.5 Å². The molecule has 1 saturated heterocycles. The predicted octanol–water partition coefficient (Wildman–Crippen LogP) is 4.54. The third-order valence-electron chi connectivity index (χ3n) is 4.17. The third-order valence-corrected chi connectivity index (χ3v) is 5.53. The lowest BCUT2D eigenvalue weighted by Gasteiger charge is -2.12. The van der Waals surface area contributed by atoms with Crippen molar-refractivity contribution in [2.24, 2.45) is 0 Å². The number of phenolic OH excluding ortho intramolecular Hbond substituents is 1. The number of benzene rings is 2. The molecule has 1 aliphatic heterocycles. The van der Waals surface area contributed by atoms with Crippen LogP contribution in [0.15, 0.2) is 45.8 Å². The van der Waals surface area contributed by atoms with Crippen LogP contribution in [0, 0.1) is 6.92 Å². The molecule has 156 valence electrons. The lowest BCUT2D eigenvalue weighted by molar-refractivity contribution is -0.127. The SMILES string of the molecule is CCOc1cc(Br)cc(/C=C2\SC(=O)N(CC(=O)Nc3ccc(C)cc3)C2=O)c1O. The van der Waals surface area contributed by atoms with E-state index in [0.717, 1.165) is 10.5 Å². The maximum absolute atomic E-state index is 12.7. The monoisotopic (exact) mass is 490 g/mol. The number of imide groups is 1. The molecule has 0 aliphatic carbocycles. The minimum atomic E-state index is -0.596. The van der Waals surface area contributed by atoms with Crippen molar-refractivity contribution < 1.29 is 24.2 Å². The molecule has 2 aromatic carbocycles. The van der Waals surface area contributed by atoms with Crippen molar-refractivity contribution in [3.8, 4) is 11.5 Å². The molecule has 1 aliphatic rings. The molecule has 1 heterocycles. The van der Waals surface area contributed by atoms with Crippen LogP contribution < -0.4 is 10.1 Å². The number of aromatic hydroxyl groups is 1. The van der Waals surface area contributed by atoms with Crippen LogP contribution in [0.1, 0.15) is 18.1 Å². The van der Waals surface area contributed by atoms with E-state index in [-0.39, 0.29) is 16.4 Å². The molecule has 7 nitrogen and oxygen atoms in total. The quantitative estimate of drug-likeness (QED) is 0.577. The number of phenols is 1. The Hall–Kier alpha value is -2.78. The van der Waals surface area contributed by atoms with Gasteiger partial charge in [0.25, 0.3) is 11.1 Å². The van der Waals surface area contributed by atoms with Gasteiger partial charge in [0.1, 0.15) is 6.54 Å². The summed E-state index contributed by atoms with van der Waals surface area (Å²) in [6.45, 7) is 3.67. The molecule has 0 atom stereocenters. The standard InChI is InChI=1S/C21H19BrN2O5S/c1-3-29-16-10-14(22)8-13(19(16)26)9-17-20(27)24(21(28)30-17)11-18(25)23-15-6-4-12(2)5-7-15/h4-10,26H,3,11H2,1-2H3,(H,23,25)/b17-9-. The van der Waals surface area contributed by atoms with E-state index in [0.29, 0.717) is 34.1 Å². The zero-order valence-electron chi connectivity index (χ0n) is 16.3. The molecular formula is C21H19BrN2O5S. The molecule has 1 fully saturated rings. The fraction of sp³-hybridized carbons (Fsp3) is 0.190. The Morgan fingerprint density at radius 1 is 1.27 bits per heavy atom. The van der Waals surface area contributed by atoms with Crippen molar-refractivity contribution in [2.45, 2.75) is 13.8 Å². The smallest absolute Gasteiger partial charge is 0.294 e. The molecule has 0 unspecified atom stereocenters. The lowest BCUT2D eigenvalue weighted by atomic mass is 10.1. The second-order valence-electron chi connectivity index (χ2n) is 6.46. The highest BCUT2D eigenvalue weighted by molar-refractivity contribution is 9.10. The van der Waals surface area contributed by atoms with Gasteiger partial charge in [0.2, 0.25) is 5.91 Å². The molecule has 0 saturated carbocycles. The number of carbonyl (C=O) groups excluding carboxylic acids is 3. The Kier molecular flexibility index (Phi) is 6.84. The highest BCUT2D eigenvalue weighted by atomic mass is 79.9. The van der Waals surface area contributed by atoms with E-state index >= 15 is 0 Å². The van der Waals surface area contributed by atoms with Crippen molar-refractivity contribution in [3.63, 3.8) is 0 Å². The fourth-order valence-corrected chi connectivity index (χ4v) is 4.01. The van der Waals surface area contributed by atoms with Crippen LogP contribution in [0.3, 0.4) is 0 Å². The van der Waals surface area contributed by atoms with Crippen LogP contribution in [0.25, 0.3) is 6.08 Å². The van der Waals surface area contributed by atoms with Crippen LogP contribution in [-0.2, 0) is 9.59 Å². The second kappa shape index (κ2) is 9.36. The molecule has 3 amide bonds. The van der Waals surface area contributed by atoms with E-state index in [4.69, 9.17) is 4.74 Å². The number of anilines is 1. The summed E-state index contributed by atoms with van der Waals surface area (Å²) in [7, 11) is 0. The van der Waals surface area contributed by atoms with Gasteiger partial charge in [-0.2, -0.15) is 0 Å². The number of nitrogens with one attached hydrogen (secondary N) is 1. The molecule has 3 rings (SSSR count). The number of nitrogens with zero attached hydrogens (tertiary/aromatic N) is 1. The highest BCUT2D eigenvalue weighted by Crippen LogP contribution is 2.38. The summed E-state index contributed by atoms with van der Waals surface area (Å²) in [5.74, 6) is -0.952. The number of hydrogen-bond acceptors (Lipinski definition) is 6. The van der Waals surface area contributed by atoms with Crippen molar-refractivity contribution in [2.75, 3.05) is 18.5 Å². The average molecular weight is 491 g/mol. The van der Waals surface area contributed by atoms with Crippen molar-refractivity contribution in [1.29, 1.82) is 0 Å². The highest BCUT2D eigenvalue weighted by Gasteiger charge is 2.36. The Balaban J connectivity index is 1.76. The van der Waals surface area contributed by atoms with Gasteiger partial charge in [-0.15, -0.1) is 0 Å². The number of rotatable bonds is 6. The van der Waals surface area contributed by atoms with Gasteiger partial charge in [-0.05, 0) is 56.0 Å². The van der Waals surface area contributed by atoms with Crippen molar-refractivity contribution >= 4 is 56.5 Å². The van der Waals surface area contributed by atoms with E-state index in [2.05, 4.69) is 21.2 Å². The zero-order valence-corrected chi connectivity index (χ0v) is 18.7. The molecule has 30 heavy (non-hydrogen) atoms. The van der Waals surface area contributed by atoms with Crippen LogP contribution in [0.5, 0.6) is 11.5 Å². The van der Waals surface area contributed by atoms with Gasteiger partial charge in [-0.3, -0.25) is 19.3 Å². The van der Waals surface area contributed by atoms with Gasteiger partial charge in [0, 0.05) is 15.7 Å². The maximum Gasteiger partial charge on any atom is 0.294 e. The summed E-state index contributed by atoms with van der Waals surface area (Å²) in [6.07, 6.45) is 1.41. The second-order valence-corrected chi connectivity index (χ2v) is 8.37. The number of carbonyl (C=O) groups is 3. The number of aryl methyl sites for hydroxylation is 1. The van der Waals surface area contributed by atoms with Crippen LogP contribution in [0.2, 0.25) is 0 Å². The molecule has 9 heteroatoms. The van der Waals surface area contributed by atoms with Gasteiger partial charge in [0.05, 0.1) is 11.5 Å². The summed E-state index contributed by atoms with van der Waals surface area (Å²) in [5, 5.41) is 12.5. The van der Waals surface area contributed by atoms with Crippen LogP contribution in [0.4, 0.5) is 10.5 Å². The molecule has 2 aromatic rings. The molecular weight excluding hydrogens is 472 g/mol. The van der Waals surface area contributed by atoms with Crippen LogP contribution >= 0.6 is 27.7 Å². The van der Waals surface area contributed by atoms with Gasteiger partial charge in [-0.1, -0.05) is 33.6 Å². The first-order valence-corrected chi connectivity index (χ1v) is 10.7. The Bertz CT molecular complexity index is 1040. The Labute approximate surface area is 186 Å². The van der Waals surface area contributed by atoms with E-state index in [1.807, 2.05) is 19.1 Å². The normalized spacial score (nSPS) is 15.0. The summed E-state index contributed by atoms with van der Waals surface area (Å²) >= 11 is 4.04. The summed E-state index contributed by atoms with van der Waals surface area (Å²) in [4.78, 5) is 38.2. The minimum absolute atomic E-state index is 0.110. The Morgan fingerprint density at radius 2 is 1.97 bits per heavy atom. The molecule has 2 N–H and O–H groups in total. The van der Waals surface area contributed by atoms with Crippen LogP contribution in [-0.4, -0.2) is 40.2 Å². The first kappa shape index (κ1) is 21.9. The largest absolute Gasteiger partial charge is 0.504 e. The third kappa shape index (κ3) is 5.03. The Morgan fingerprint density at radius 3 is 2.63 bits per heavy atom. The van der Waals surface area contributed by atoms with Crippen molar-refractivity contribution in [1.82, 2.24) is 4.90 Å². The number of ether oxygens (including phenoxy) is 1. The number of halogens is 1. The fourth-order valence-electron chi connectivity index (χ4n) is 2.73. The van der Waals surface area contributed by atoms with Gasteiger partial charge in [0.15, 0.2) is 11.5 Å². The first-order valence-electron chi connectivity index (χ1n) is 9.05. The number of thioether (sulfide) groups is 1. The first-order chi connectivity index (χ1) is 14.3. The average Bonchev–Trinajstić information content (AvgIpc) is 2.95. The summed E-state index contributed by atoms with van der Waals surface area (Å²) in [6, 6.07) is 10.4. The zero-order chi connectivity index (χ0) is 21.8. The minimum Gasteiger partial charge on any atom is -0.504 e. The molecule has 0 radical (unpaired) electrons. The maximum atomic E-state index is 12.7. The van der Waals surface area contributed by atoms with E-state index in [1.165, 1.54) is 6.08 Å². The van der Waals surface area contributed by atoms with Gasteiger partial charge >= 0.3 is 0 Å². The molecule has 0 aromatic heterocycles.